The van der Waals surface area contributed by atoms with Crippen LogP contribution in [0.25, 0.3) is 22.3 Å². The third-order valence-electron chi connectivity index (χ3n) is 6.12. The zero-order valence-electron chi connectivity index (χ0n) is 16.6. The number of halogens is 1. The van der Waals surface area contributed by atoms with Gasteiger partial charge in [-0.3, -0.25) is 0 Å². The highest BCUT2D eigenvalue weighted by atomic mass is 35.5. The van der Waals surface area contributed by atoms with Crippen LogP contribution >= 0.6 is 11.6 Å². The van der Waals surface area contributed by atoms with Gasteiger partial charge in [0.05, 0.1) is 0 Å². The SMILES string of the molecule is CC1(c2cccc(-c3ccccc3)c2)c2ccc(Cl)cc2-c2cc(OBO)ccc21. The van der Waals surface area contributed by atoms with Crippen LogP contribution in [0.15, 0.2) is 91.0 Å². The van der Waals surface area contributed by atoms with Gasteiger partial charge in [-0.15, -0.1) is 0 Å². The first-order chi connectivity index (χ1) is 14.6. The van der Waals surface area contributed by atoms with Crippen molar-refractivity contribution in [2.75, 3.05) is 0 Å². The first kappa shape index (κ1) is 19.0. The Bertz CT molecular complexity index is 1240. The maximum atomic E-state index is 9.18. The summed E-state index contributed by atoms with van der Waals surface area (Å²) < 4.78 is 5.35. The van der Waals surface area contributed by atoms with E-state index in [0.29, 0.717) is 10.8 Å². The Kier molecular flexibility index (Phi) is 4.65. The predicted molar refractivity (Wildman–Crippen MR) is 124 cm³/mol. The average molecular weight is 411 g/mol. The summed E-state index contributed by atoms with van der Waals surface area (Å²) in [6.45, 7) is 2.27. The first-order valence-corrected chi connectivity index (χ1v) is 10.3. The van der Waals surface area contributed by atoms with Crippen molar-refractivity contribution < 1.29 is 9.68 Å². The van der Waals surface area contributed by atoms with Gasteiger partial charge in [0.2, 0.25) is 0 Å². The number of hydrogen-bond donors (Lipinski definition) is 1. The lowest BCUT2D eigenvalue weighted by atomic mass is 9.73. The highest BCUT2D eigenvalue weighted by Crippen LogP contribution is 2.53. The van der Waals surface area contributed by atoms with E-state index in [4.69, 9.17) is 16.3 Å². The van der Waals surface area contributed by atoms with Gasteiger partial charge in [0, 0.05) is 10.4 Å². The highest BCUT2D eigenvalue weighted by Gasteiger charge is 2.41. The Morgan fingerprint density at radius 2 is 1.47 bits per heavy atom. The van der Waals surface area contributed by atoms with Crippen molar-refractivity contribution in [1.29, 1.82) is 0 Å². The van der Waals surface area contributed by atoms with Gasteiger partial charge in [0.25, 0.3) is 0 Å². The standard InChI is InChI=1S/C26H20BClO2/c1-26(19-9-5-8-18(14-19)17-6-3-2-4-7-17)24-12-10-20(28)15-22(24)23-16-21(30-27-29)11-13-25(23)26/h2-16,27,29H,1H3. The first-order valence-electron chi connectivity index (χ1n) is 9.96. The molecular formula is C26H20BClO2. The third-order valence-corrected chi connectivity index (χ3v) is 6.35. The van der Waals surface area contributed by atoms with Crippen LogP contribution in [0.5, 0.6) is 5.75 Å². The van der Waals surface area contributed by atoms with Crippen LogP contribution in [0.4, 0.5) is 0 Å². The Labute approximate surface area is 182 Å². The van der Waals surface area contributed by atoms with Crippen LogP contribution in [-0.4, -0.2) is 12.7 Å². The van der Waals surface area contributed by atoms with Crippen LogP contribution in [0.3, 0.4) is 0 Å². The molecular weight excluding hydrogens is 391 g/mol. The molecule has 0 saturated carbocycles. The van der Waals surface area contributed by atoms with E-state index in [1.807, 2.05) is 30.3 Å². The van der Waals surface area contributed by atoms with Gasteiger partial charge in [0.1, 0.15) is 5.75 Å². The van der Waals surface area contributed by atoms with Crippen molar-refractivity contribution in [2.24, 2.45) is 0 Å². The largest absolute Gasteiger partial charge is 0.539 e. The van der Waals surface area contributed by atoms with E-state index < -0.39 is 0 Å². The molecule has 0 radical (unpaired) electrons. The molecule has 0 aromatic heterocycles. The fourth-order valence-corrected chi connectivity index (χ4v) is 4.79. The van der Waals surface area contributed by atoms with Crippen molar-refractivity contribution in [2.45, 2.75) is 12.3 Å². The molecule has 0 aliphatic heterocycles. The van der Waals surface area contributed by atoms with Gasteiger partial charge in [-0.05, 0) is 76.2 Å². The van der Waals surface area contributed by atoms with Gasteiger partial charge < -0.3 is 9.68 Å². The lowest BCUT2D eigenvalue weighted by Gasteiger charge is -2.29. The second-order valence-electron chi connectivity index (χ2n) is 7.74. The average Bonchev–Trinajstić information content (AvgIpc) is 3.03. The van der Waals surface area contributed by atoms with Crippen LogP contribution < -0.4 is 4.65 Å². The smallest absolute Gasteiger partial charge is 0.504 e. The minimum Gasteiger partial charge on any atom is -0.539 e. The highest BCUT2D eigenvalue weighted by molar-refractivity contribution is 6.31. The van der Waals surface area contributed by atoms with Gasteiger partial charge in [0.15, 0.2) is 0 Å². The molecule has 1 unspecified atom stereocenters. The maximum absolute atomic E-state index is 9.18. The summed E-state index contributed by atoms with van der Waals surface area (Å²) in [5, 5.41) is 9.89. The fraction of sp³-hybridized carbons (Fsp3) is 0.0769. The Balaban J connectivity index is 1.73. The van der Waals surface area contributed by atoms with Crippen molar-refractivity contribution >= 4 is 19.3 Å². The number of hydrogen-bond acceptors (Lipinski definition) is 2. The summed E-state index contributed by atoms with van der Waals surface area (Å²) in [4.78, 5) is 0. The lowest BCUT2D eigenvalue weighted by molar-refractivity contribution is 0.454. The summed E-state index contributed by atoms with van der Waals surface area (Å²) in [7, 11) is -0.350. The van der Waals surface area contributed by atoms with E-state index in [0.717, 1.165) is 11.1 Å². The molecule has 30 heavy (non-hydrogen) atoms. The second kappa shape index (κ2) is 7.35. The molecule has 146 valence electrons. The Hall–Kier alpha value is -3.01. The number of fused-ring (bicyclic) bond motifs is 3. The third kappa shape index (κ3) is 2.94. The van der Waals surface area contributed by atoms with Crippen LogP contribution in [-0.2, 0) is 5.41 Å². The molecule has 1 atom stereocenters. The summed E-state index contributed by atoms with van der Waals surface area (Å²) in [6.07, 6.45) is 0. The molecule has 5 rings (SSSR count). The van der Waals surface area contributed by atoms with E-state index in [1.54, 1.807) is 0 Å². The van der Waals surface area contributed by atoms with E-state index in [1.165, 1.54) is 27.8 Å². The zero-order valence-corrected chi connectivity index (χ0v) is 17.4. The molecule has 0 fully saturated rings. The van der Waals surface area contributed by atoms with Crippen molar-refractivity contribution in [3.63, 3.8) is 0 Å². The summed E-state index contributed by atoms with van der Waals surface area (Å²) in [5.74, 6) is 0.643. The van der Waals surface area contributed by atoms with E-state index in [9.17, 15) is 5.02 Å². The molecule has 0 saturated heterocycles. The van der Waals surface area contributed by atoms with Crippen molar-refractivity contribution in [3.8, 4) is 28.0 Å². The topological polar surface area (TPSA) is 29.5 Å². The Morgan fingerprint density at radius 1 is 0.767 bits per heavy atom. The van der Waals surface area contributed by atoms with Crippen molar-refractivity contribution in [1.82, 2.24) is 0 Å². The van der Waals surface area contributed by atoms with Gasteiger partial charge in [-0.25, -0.2) is 0 Å². The van der Waals surface area contributed by atoms with Crippen LogP contribution in [0.2, 0.25) is 5.02 Å². The van der Waals surface area contributed by atoms with Crippen LogP contribution in [0.1, 0.15) is 23.6 Å². The quantitative estimate of drug-likeness (QED) is 0.419. The lowest BCUT2D eigenvalue weighted by Crippen LogP contribution is -2.22. The van der Waals surface area contributed by atoms with Gasteiger partial charge >= 0.3 is 7.69 Å². The summed E-state index contributed by atoms with van der Waals surface area (Å²) in [5.41, 5.74) is 7.91. The monoisotopic (exact) mass is 410 g/mol. The molecule has 4 aromatic rings. The number of rotatable bonds is 4. The Morgan fingerprint density at radius 3 is 2.23 bits per heavy atom. The minimum atomic E-state index is -0.350. The summed E-state index contributed by atoms with van der Waals surface area (Å²) >= 11 is 6.36. The van der Waals surface area contributed by atoms with E-state index in [2.05, 4.69) is 67.6 Å². The summed E-state index contributed by atoms with van der Waals surface area (Å²) in [6, 6.07) is 31.3. The van der Waals surface area contributed by atoms with Gasteiger partial charge in [-0.1, -0.05) is 72.3 Å². The minimum absolute atomic E-state index is 0.322. The predicted octanol–water partition coefficient (Wildman–Crippen LogP) is 5.98. The maximum Gasteiger partial charge on any atom is 0.504 e. The normalized spacial score (nSPS) is 16.6. The van der Waals surface area contributed by atoms with E-state index in [-0.39, 0.29) is 13.1 Å². The van der Waals surface area contributed by atoms with Crippen LogP contribution in [0, 0.1) is 0 Å². The molecule has 1 N–H and O–H groups in total. The second-order valence-corrected chi connectivity index (χ2v) is 8.18. The molecule has 1 aliphatic carbocycles. The molecule has 2 nitrogen and oxygen atoms in total. The van der Waals surface area contributed by atoms with Gasteiger partial charge in [-0.2, -0.15) is 0 Å². The molecule has 4 aromatic carbocycles. The molecule has 0 spiro atoms. The van der Waals surface area contributed by atoms with Crippen molar-refractivity contribution in [3.05, 3.63) is 113 Å². The molecule has 0 heterocycles. The number of benzene rings is 4. The van der Waals surface area contributed by atoms with E-state index >= 15 is 0 Å². The molecule has 4 heteroatoms. The zero-order chi connectivity index (χ0) is 20.7. The molecule has 0 bridgehead atoms. The molecule has 1 aliphatic rings. The fourth-order valence-electron chi connectivity index (χ4n) is 4.62. The molecule has 0 amide bonds.